The molecule has 1 aliphatic carbocycles. The molecule has 1 aliphatic rings. The van der Waals surface area contributed by atoms with Crippen molar-refractivity contribution in [1.82, 2.24) is 15.5 Å². The van der Waals surface area contributed by atoms with Crippen molar-refractivity contribution in [3.05, 3.63) is 41.2 Å². The third kappa shape index (κ3) is 3.76. The molecule has 2 atom stereocenters. The van der Waals surface area contributed by atoms with Crippen molar-refractivity contribution in [3.8, 4) is 11.5 Å². The fourth-order valence-corrected chi connectivity index (χ4v) is 3.19. The standard InChI is InChI=1S/C18H23N3O4/c1-24-12-6-11(7-13(8-12)25-2)17(22)10-19-18(23)14-4-3-5-16-15(14)9-20-21-16/h6-9,14,17,22H,3-5,10H2,1-2H3,(H,19,23)(H,20,21)/t14-,17-/m0/s1. The van der Waals surface area contributed by atoms with E-state index in [2.05, 4.69) is 15.5 Å². The minimum atomic E-state index is -0.847. The Hall–Kier alpha value is -2.54. The van der Waals surface area contributed by atoms with Gasteiger partial charge in [-0.1, -0.05) is 0 Å². The van der Waals surface area contributed by atoms with Crippen molar-refractivity contribution >= 4 is 5.91 Å². The number of nitrogens with one attached hydrogen (secondary N) is 2. The summed E-state index contributed by atoms with van der Waals surface area (Å²) in [4.78, 5) is 12.5. The van der Waals surface area contributed by atoms with Crippen LogP contribution in [-0.2, 0) is 11.2 Å². The van der Waals surface area contributed by atoms with Gasteiger partial charge in [-0.05, 0) is 37.0 Å². The Morgan fingerprint density at radius 1 is 1.36 bits per heavy atom. The molecule has 0 saturated heterocycles. The van der Waals surface area contributed by atoms with Crippen LogP contribution in [-0.4, -0.2) is 42.0 Å². The van der Waals surface area contributed by atoms with E-state index in [1.54, 1.807) is 38.6 Å². The van der Waals surface area contributed by atoms with Crippen molar-refractivity contribution in [2.45, 2.75) is 31.3 Å². The Kier molecular flexibility index (Phi) is 5.23. The van der Waals surface area contributed by atoms with Crippen LogP contribution < -0.4 is 14.8 Å². The van der Waals surface area contributed by atoms with Crippen molar-refractivity contribution in [1.29, 1.82) is 0 Å². The maximum Gasteiger partial charge on any atom is 0.227 e. The number of carbonyl (C=O) groups excluding carboxylic acids is 1. The Bertz CT molecular complexity index is 721. The van der Waals surface area contributed by atoms with E-state index in [0.717, 1.165) is 30.5 Å². The number of nitrogens with zero attached hydrogens (tertiary/aromatic N) is 1. The molecule has 0 unspecified atom stereocenters. The lowest BCUT2D eigenvalue weighted by molar-refractivity contribution is -0.123. The Morgan fingerprint density at radius 2 is 2.08 bits per heavy atom. The van der Waals surface area contributed by atoms with Crippen LogP contribution in [0, 0.1) is 0 Å². The average Bonchev–Trinajstić information content (AvgIpc) is 3.14. The van der Waals surface area contributed by atoms with Gasteiger partial charge in [0, 0.05) is 23.9 Å². The van der Waals surface area contributed by atoms with Crippen LogP contribution in [0.5, 0.6) is 11.5 Å². The van der Waals surface area contributed by atoms with Gasteiger partial charge >= 0.3 is 0 Å². The lowest BCUT2D eigenvalue weighted by Gasteiger charge is -2.22. The average molecular weight is 345 g/mol. The van der Waals surface area contributed by atoms with Gasteiger partial charge in [0.1, 0.15) is 11.5 Å². The van der Waals surface area contributed by atoms with E-state index in [-0.39, 0.29) is 18.4 Å². The molecule has 3 N–H and O–H groups in total. The summed E-state index contributed by atoms with van der Waals surface area (Å²) in [6.45, 7) is 0.124. The lowest BCUT2D eigenvalue weighted by atomic mass is 9.86. The molecule has 1 aromatic heterocycles. The van der Waals surface area contributed by atoms with E-state index in [1.165, 1.54) is 0 Å². The number of hydrogen-bond acceptors (Lipinski definition) is 5. The number of aromatic amines is 1. The molecule has 1 amide bonds. The largest absolute Gasteiger partial charge is 0.497 e. The molecule has 0 radical (unpaired) electrons. The Morgan fingerprint density at radius 3 is 2.76 bits per heavy atom. The second kappa shape index (κ2) is 7.57. The molecular formula is C18H23N3O4. The molecule has 2 aromatic rings. The van der Waals surface area contributed by atoms with Gasteiger partial charge in [-0.15, -0.1) is 0 Å². The van der Waals surface area contributed by atoms with Gasteiger partial charge < -0.3 is 19.9 Å². The normalized spacial score (nSPS) is 17.5. The summed E-state index contributed by atoms with van der Waals surface area (Å²) in [5.41, 5.74) is 2.62. The number of fused-ring (bicyclic) bond motifs is 1. The zero-order valence-electron chi connectivity index (χ0n) is 14.4. The van der Waals surface area contributed by atoms with Gasteiger partial charge in [0.2, 0.25) is 5.91 Å². The topological polar surface area (TPSA) is 96.5 Å². The minimum Gasteiger partial charge on any atom is -0.497 e. The number of aliphatic hydroxyl groups is 1. The van der Waals surface area contributed by atoms with Crippen LogP contribution in [0.1, 0.15) is 41.7 Å². The summed E-state index contributed by atoms with van der Waals surface area (Å²) in [5, 5.41) is 20.2. The number of benzene rings is 1. The highest BCUT2D eigenvalue weighted by atomic mass is 16.5. The maximum atomic E-state index is 12.5. The predicted octanol–water partition coefficient (Wildman–Crippen LogP) is 1.70. The van der Waals surface area contributed by atoms with Crippen LogP contribution in [0.4, 0.5) is 0 Å². The van der Waals surface area contributed by atoms with Gasteiger partial charge in [-0.25, -0.2) is 0 Å². The van der Waals surface area contributed by atoms with Gasteiger partial charge in [0.15, 0.2) is 0 Å². The predicted molar refractivity (Wildman–Crippen MR) is 91.8 cm³/mol. The van der Waals surface area contributed by atoms with Crippen LogP contribution in [0.25, 0.3) is 0 Å². The van der Waals surface area contributed by atoms with Crippen LogP contribution in [0.15, 0.2) is 24.4 Å². The number of aryl methyl sites for hydroxylation is 1. The van der Waals surface area contributed by atoms with E-state index in [9.17, 15) is 9.90 Å². The van der Waals surface area contributed by atoms with Crippen LogP contribution in [0.2, 0.25) is 0 Å². The highest BCUT2D eigenvalue weighted by Crippen LogP contribution is 2.30. The SMILES string of the molecule is COc1cc(OC)cc([C@@H](O)CNC(=O)[C@H]2CCCc3[nH]ncc32)c1. The summed E-state index contributed by atoms with van der Waals surface area (Å²) < 4.78 is 10.4. The highest BCUT2D eigenvalue weighted by Gasteiger charge is 2.28. The van der Waals surface area contributed by atoms with Crippen LogP contribution >= 0.6 is 0 Å². The molecule has 7 nitrogen and oxygen atoms in total. The van der Waals surface area contributed by atoms with E-state index >= 15 is 0 Å². The number of hydrogen-bond donors (Lipinski definition) is 3. The van der Waals surface area contributed by atoms with E-state index in [1.807, 2.05) is 0 Å². The lowest BCUT2D eigenvalue weighted by Crippen LogP contribution is -2.34. The number of H-pyrrole nitrogens is 1. The van der Waals surface area contributed by atoms with Crippen molar-refractivity contribution in [2.75, 3.05) is 20.8 Å². The molecule has 0 fully saturated rings. The summed E-state index contributed by atoms with van der Waals surface area (Å²) in [7, 11) is 3.11. The fourth-order valence-electron chi connectivity index (χ4n) is 3.19. The zero-order valence-corrected chi connectivity index (χ0v) is 14.4. The molecule has 0 bridgehead atoms. The number of aromatic nitrogens is 2. The molecule has 3 rings (SSSR count). The second-order valence-corrected chi connectivity index (χ2v) is 6.16. The Balaban J connectivity index is 1.65. The van der Waals surface area contributed by atoms with E-state index < -0.39 is 6.10 Å². The summed E-state index contributed by atoms with van der Waals surface area (Å²) in [6.07, 6.45) is 3.54. The minimum absolute atomic E-state index is 0.0868. The number of methoxy groups -OCH3 is 2. The third-order valence-corrected chi connectivity index (χ3v) is 4.59. The van der Waals surface area contributed by atoms with E-state index in [4.69, 9.17) is 9.47 Å². The number of aliphatic hydroxyl groups excluding tert-OH is 1. The molecule has 0 aliphatic heterocycles. The van der Waals surface area contributed by atoms with Gasteiger partial charge in [-0.2, -0.15) is 5.10 Å². The van der Waals surface area contributed by atoms with Gasteiger partial charge in [-0.3, -0.25) is 9.89 Å². The number of ether oxygens (including phenoxy) is 2. The van der Waals surface area contributed by atoms with Gasteiger partial charge in [0.05, 0.1) is 32.4 Å². The Labute approximate surface area is 146 Å². The maximum absolute atomic E-state index is 12.5. The molecule has 0 spiro atoms. The quantitative estimate of drug-likeness (QED) is 0.740. The monoisotopic (exact) mass is 345 g/mol. The third-order valence-electron chi connectivity index (χ3n) is 4.59. The molecule has 1 aromatic carbocycles. The molecule has 134 valence electrons. The van der Waals surface area contributed by atoms with Crippen molar-refractivity contribution < 1.29 is 19.4 Å². The number of amides is 1. The first kappa shape index (κ1) is 17.3. The molecular weight excluding hydrogens is 322 g/mol. The molecule has 7 heteroatoms. The van der Waals surface area contributed by atoms with Crippen molar-refractivity contribution in [3.63, 3.8) is 0 Å². The molecule has 1 heterocycles. The molecule has 25 heavy (non-hydrogen) atoms. The van der Waals surface area contributed by atoms with Crippen molar-refractivity contribution in [2.24, 2.45) is 0 Å². The summed E-state index contributed by atoms with van der Waals surface area (Å²) >= 11 is 0. The van der Waals surface area contributed by atoms with Crippen LogP contribution in [0.3, 0.4) is 0 Å². The van der Waals surface area contributed by atoms with E-state index in [0.29, 0.717) is 17.1 Å². The number of rotatable bonds is 6. The fraction of sp³-hybridized carbons (Fsp3) is 0.444. The van der Waals surface area contributed by atoms with Gasteiger partial charge in [0.25, 0.3) is 0 Å². The first-order chi connectivity index (χ1) is 12.1. The summed E-state index contributed by atoms with van der Waals surface area (Å²) in [5.74, 6) is 0.885. The first-order valence-electron chi connectivity index (χ1n) is 8.33. The number of carbonyl (C=O) groups is 1. The highest BCUT2D eigenvalue weighted by molar-refractivity contribution is 5.84. The summed E-state index contributed by atoms with van der Waals surface area (Å²) in [6, 6.07) is 5.19. The smallest absolute Gasteiger partial charge is 0.227 e. The zero-order chi connectivity index (χ0) is 17.8. The molecule has 0 saturated carbocycles. The first-order valence-corrected chi connectivity index (χ1v) is 8.33. The second-order valence-electron chi connectivity index (χ2n) is 6.16.